The van der Waals surface area contributed by atoms with Crippen molar-refractivity contribution in [2.24, 2.45) is 17.8 Å². The summed E-state index contributed by atoms with van der Waals surface area (Å²) in [7, 11) is 0. The van der Waals surface area contributed by atoms with Gasteiger partial charge in [-0.15, -0.1) is 0 Å². The zero-order valence-electron chi connectivity index (χ0n) is 18.0. The standard InChI is InChI=1S/C24H35FN4O/c25-21-2-4-22(5-3-21)29-10-8-28(9-11-29)7-1-6-26-23(30)27-24-15-18-12-19(16-24)14-20(13-18)17-24/h2-5,18-20H,1,6-17H2,(H2,26,27,30)/p+1. The molecule has 4 saturated carbocycles. The highest BCUT2D eigenvalue weighted by Gasteiger charge is 2.51. The summed E-state index contributed by atoms with van der Waals surface area (Å²) in [4.78, 5) is 16.5. The highest BCUT2D eigenvalue weighted by Crippen LogP contribution is 2.55. The fraction of sp³-hybridized carbons (Fsp3) is 0.708. The Bertz CT molecular complexity index is 709. The summed E-state index contributed by atoms with van der Waals surface area (Å²) in [6.07, 6.45) is 8.83. The number of carbonyl (C=O) groups excluding carboxylic acids is 1. The van der Waals surface area contributed by atoms with Crippen LogP contribution in [0.3, 0.4) is 0 Å². The van der Waals surface area contributed by atoms with Gasteiger partial charge in [-0.05, 0) is 80.5 Å². The molecule has 164 valence electrons. The molecule has 6 rings (SSSR count). The van der Waals surface area contributed by atoms with Crippen LogP contribution in [0.2, 0.25) is 0 Å². The van der Waals surface area contributed by atoms with Crippen LogP contribution in [0.4, 0.5) is 14.9 Å². The maximum Gasteiger partial charge on any atom is 0.315 e. The van der Waals surface area contributed by atoms with E-state index >= 15 is 0 Å². The summed E-state index contributed by atoms with van der Waals surface area (Å²) in [6, 6.07) is 6.86. The molecular formula is C24H36FN4O+. The first kappa shape index (κ1) is 20.1. The van der Waals surface area contributed by atoms with Crippen molar-refractivity contribution in [3.05, 3.63) is 30.1 Å². The molecule has 1 aromatic carbocycles. The van der Waals surface area contributed by atoms with Crippen LogP contribution >= 0.6 is 0 Å². The van der Waals surface area contributed by atoms with Gasteiger partial charge in [0.25, 0.3) is 0 Å². The van der Waals surface area contributed by atoms with Gasteiger partial charge in [-0.1, -0.05) is 0 Å². The van der Waals surface area contributed by atoms with Gasteiger partial charge in [-0.3, -0.25) is 0 Å². The smallest absolute Gasteiger partial charge is 0.315 e. The van der Waals surface area contributed by atoms with E-state index < -0.39 is 0 Å². The number of anilines is 1. The van der Waals surface area contributed by atoms with Gasteiger partial charge in [0, 0.05) is 24.2 Å². The molecule has 0 atom stereocenters. The minimum atomic E-state index is -0.178. The highest BCUT2D eigenvalue weighted by atomic mass is 19.1. The zero-order chi connectivity index (χ0) is 20.6. The van der Waals surface area contributed by atoms with Crippen molar-refractivity contribution < 1.29 is 14.1 Å². The van der Waals surface area contributed by atoms with Crippen LogP contribution in [0.15, 0.2) is 24.3 Å². The van der Waals surface area contributed by atoms with Crippen molar-refractivity contribution in [3.63, 3.8) is 0 Å². The number of nitrogens with zero attached hydrogens (tertiary/aromatic N) is 1. The maximum absolute atomic E-state index is 13.1. The first-order valence-corrected chi connectivity index (χ1v) is 12.0. The second-order valence-corrected chi connectivity index (χ2v) is 10.4. The molecule has 6 heteroatoms. The average Bonchev–Trinajstić information content (AvgIpc) is 2.71. The molecule has 5 aliphatic rings. The third-order valence-corrected chi connectivity index (χ3v) is 8.07. The molecule has 1 heterocycles. The number of rotatable bonds is 6. The van der Waals surface area contributed by atoms with E-state index in [-0.39, 0.29) is 17.4 Å². The maximum atomic E-state index is 13.1. The molecule has 5 nitrogen and oxygen atoms in total. The molecule has 1 aliphatic heterocycles. The van der Waals surface area contributed by atoms with Gasteiger partial charge in [0.15, 0.2) is 0 Å². The van der Waals surface area contributed by atoms with Crippen LogP contribution in [0.1, 0.15) is 44.9 Å². The molecule has 4 aliphatic carbocycles. The van der Waals surface area contributed by atoms with Crippen molar-refractivity contribution >= 4 is 11.7 Å². The lowest BCUT2D eigenvalue weighted by Crippen LogP contribution is -3.15. The highest BCUT2D eigenvalue weighted by molar-refractivity contribution is 5.74. The predicted molar refractivity (Wildman–Crippen MR) is 116 cm³/mol. The lowest BCUT2D eigenvalue weighted by Gasteiger charge is -2.56. The molecule has 2 amide bonds. The molecule has 0 radical (unpaired) electrons. The molecular weight excluding hydrogens is 379 g/mol. The van der Waals surface area contributed by atoms with Crippen LogP contribution in [0.5, 0.6) is 0 Å². The monoisotopic (exact) mass is 415 g/mol. The van der Waals surface area contributed by atoms with E-state index in [1.54, 1.807) is 4.90 Å². The number of halogens is 1. The summed E-state index contributed by atoms with van der Waals surface area (Å²) in [5, 5.41) is 6.53. The molecule has 4 bridgehead atoms. The fourth-order valence-corrected chi connectivity index (χ4v) is 7.07. The van der Waals surface area contributed by atoms with E-state index in [4.69, 9.17) is 0 Å². The van der Waals surface area contributed by atoms with Crippen molar-refractivity contribution in [1.82, 2.24) is 10.6 Å². The minimum Gasteiger partial charge on any atom is -0.360 e. The Balaban J connectivity index is 0.995. The fourth-order valence-electron chi connectivity index (χ4n) is 7.07. The number of carbonyl (C=O) groups is 1. The van der Waals surface area contributed by atoms with Gasteiger partial charge < -0.3 is 20.4 Å². The Labute approximate surface area is 179 Å². The number of benzene rings is 1. The van der Waals surface area contributed by atoms with Gasteiger partial charge in [-0.25, -0.2) is 9.18 Å². The molecule has 0 spiro atoms. The molecule has 3 N–H and O–H groups in total. The van der Waals surface area contributed by atoms with E-state index in [0.29, 0.717) is 0 Å². The van der Waals surface area contributed by atoms with Gasteiger partial charge in [0.05, 0.1) is 32.7 Å². The Kier molecular flexibility index (Phi) is 5.61. The Morgan fingerprint density at radius 2 is 1.63 bits per heavy atom. The van der Waals surface area contributed by atoms with E-state index in [1.807, 2.05) is 12.1 Å². The van der Waals surface area contributed by atoms with Gasteiger partial charge >= 0.3 is 6.03 Å². The Morgan fingerprint density at radius 1 is 1.03 bits per heavy atom. The van der Waals surface area contributed by atoms with Crippen LogP contribution in [-0.4, -0.2) is 50.8 Å². The summed E-state index contributed by atoms with van der Waals surface area (Å²) in [5.41, 5.74) is 1.21. The van der Waals surface area contributed by atoms with Crippen LogP contribution in [0.25, 0.3) is 0 Å². The molecule has 30 heavy (non-hydrogen) atoms. The Hall–Kier alpha value is -1.82. The summed E-state index contributed by atoms with van der Waals surface area (Å²) in [5.74, 6) is 2.39. The largest absolute Gasteiger partial charge is 0.360 e. The quantitative estimate of drug-likeness (QED) is 0.624. The Morgan fingerprint density at radius 3 is 2.23 bits per heavy atom. The predicted octanol–water partition coefficient (Wildman–Crippen LogP) is 2.19. The van der Waals surface area contributed by atoms with E-state index in [0.717, 1.165) is 69.1 Å². The third kappa shape index (κ3) is 4.43. The number of urea groups is 1. The topological polar surface area (TPSA) is 48.8 Å². The lowest BCUT2D eigenvalue weighted by molar-refractivity contribution is -0.900. The second kappa shape index (κ2) is 8.37. The summed E-state index contributed by atoms with van der Waals surface area (Å²) >= 11 is 0. The molecule has 0 aromatic heterocycles. The lowest BCUT2D eigenvalue weighted by atomic mass is 9.53. The average molecular weight is 416 g/mol. The first-order valence-electron chi connectivity index (χ1n) is 12.0. The van der Waals surface area contributed by atoms with E-state index in [2.05, 4.69) is 15.5 Å². The minimum absolute atomic E-state index is 0.0491. The van der Waals surface area contributed by atoms with E-state index in [1.165, 1.54) is 50.7 Å². The molecule has 0 unspecified atom stereocenters. The molecule has 1 saturated heterocycles. The SMILES string of the molecule is O=C(NCCC[NH+]1CCN(c2ccc(F)cc2)CC1)NC12CC3CC(CC(C3)C1)C2. The molecule has 5 fully saturated rings. The summed E-state index contributed by atoms with van der Waals surface area (Å²) < 4.78 is 13.1. The number of amides is 2. The summed E-state index contributed by atoms with van der Waals surface area (Å²) in [6.45, 7) is 6.04. The van der Waals surface area contributed by atoms with Gasteiger partial charge in [-0.2, -0.15) is 0 Å². The van der Waals surface area contributed by atoms with Crippen LogP contribution < -0.4 is 20.4 Å². The number of hydrogen-bond donors (Lipinski definition) is 3. The number of piperazine rings is 1. The number of hydrogen-bond acceptors (Lipinski definition) is 2. The van der Waals surface area contributed by atoms with Gasteiger partial charge in [0.1, 0.15) is 5.82 Å². The van der Waals surface area contributed by atoms with Crippen molar-refractivity contribution in [3.8, 4) is 0 Å². The van der Waals surface area contributed by atoms with Crippen LogP contribution in [0, 0.1) is 23.6 Å². The van der Waals surface area contributed by atoms with Gasteiger partial charge in [0.2, 0.25) is 0 Å². The van der Waals surface area contributed by atoms with E-state index in [9.17, 15) is 9.18 Å². The third-order valence-electron chi connectivity index (χ3n) is 8.07. The van der Waals surface area contributed by atoms with Crippen molar-refractivity contribution in [2.75, 3.05) is 44.2 Å². The number of quaternary nitrogens is 1. The molecule has 1 aromatic rings. The zero-order valence-corrected chi connectivity index (χ0v) is 18.0. The first-order chi connectivity index (χ1) is 14.6. The van der Waals surface area contributed by atoms with Crippen molar-refractivity contribution in [2.45, 2.75) is 50.5 Å². The van der Waals surface area contributed by atoms with Crippen LogP contribution in [-0.2, 0) is 0 Å². The second-order valence-electron chi connectivity index (χ2n) is 10.4. The normalized spacial score (nSPS) is 33.0. The number of nitrogens with one attached hydrogen (secondary N) is 3. The van der Waals surface area contributed by atoms with Crippen molar-refractivity contribution in [1.29, 1.82) is 0 Å².